The van der Waals surface area contributed by atoms with Crippen LogP contribution >= 0.6 is 22.7 Å². The number of thiophene rings is 1. The first-order chi connectivity index (χ1) is 9.45. The minimum atomic E-state index is -4.15. The molecule has 106 valence electrons. The zero-order valence-electron chi connectivity index (χ0n) is 10.0. The standard InChI is InChI=1S/C10H8N2O5S3/c1-17-10(14)8-7(2-3-19-8)20(15,16)12-9(13)6-4-18-5-11-6/h2-5H,1H3,(H,12,13). The van der Waals surface area contributed by atoms with E-state index in [1.165, 1.54) is 22.3 Å². The summed E-state index contributed by atoms with van der Waals surface area (Å²) >= 11 is 2.08. The number of amides is 1. The lowest BCUT2D eigenvalue weighted by Crippen LogP contribution is -2.31. The van der Waals surface area contributed by atoms with E-state index in [2.05, 4.69) is 9.72 Å². The first-order valence-corrected chi connectivity index (χ1v) is 8.37. The second kappa shape index (κ2) is 5.69. The number of carbonyl (C=O) groups excluding carboxylic acids is 2. The molecule has 0 aliphatic rings. The Kier molecular flexibility index (Phi) is 4.16. The Labute approximate surface area is 122 Å². The van der Waals surface area contributed by atoms with Gasteiger partial charge in [0.1, 0.15) is 15.5 Å². The Bertz CT molecular complexity index is 733. The van der Waals surface area contributed by atoms with Crippen LogP contribution in [0.3, 0.4) is 0 Å². The maximum Gasteiger partial charge on any atom is 0.349 e. The molecule has 0 bridgehead atoms. The van der Waals surface area contributed by atoms with Crippen LogP contribution in [0.4, 0.5) is 0 Å². The van der Waals surface area contributed by atoms with Crippen LogP contribution in [0.2, 0.25) is 0 Å². The topological polar surface area (TPSA) is 102 Å². The van der Waals surface area contributed by atoms with Gasteiger partial charge in [0.15, 0.2) is 0 Å². The lowest BCUT2D eigenvalue weighted by molar-refractivity contribution is 0.0602. The lowest BCUT2D eigenvalue weighted by Gasteiger charge is -2.05. The summed E-state index contributed by atoms with van der Waals surface area (Å²) in [4.78, 5) is 26.5. The maximum atomic E-state index is 12.1. The Morgan fingerprint density at radius 2 is 2.15 bits per heavy atom. The highest BCUT2D eigenvalue weighted by Crippen LogP contribution is 2.22. The van der Waals surface area contributed by atoms with Gasteiger partial charge in [0, 0.05) is 5.38 Å². The molecule has 7 nitrogen and oxygen atoms in total. The zero-order chi connectivity index (χ0) is 14.8. The average Bonchev–Trinajstić information content (AvgIpc) is 3.08. The van der Waals surface area contributed by atoms with Crippen molar-refractivity contribution in [1.82, 2.24) is 9.71 Å². The molecule has 2 aromatic rings. The number of nitrogens with one attached hydrogen (secondary N) is 1. The number of esters is 1. The van der Waals surface area contributed by atoms with E-state index in [9.17, 15) is 18.0 Å². The quantitative estimate of drug-likeness (QED) is 0.841. The highest BCUT2D eigenvalue weighted by molar-refractivity contribution is 7.90. The number of rotatable bonds is 4. The molecule has 0 radical (unpaired) electrons. The van der Waals surface area contributed by atoms with Crippen molar-refractivity contribution in [3.8, 4) is 0 Å². The number of aromatic nitrogens is 1. The third-order valence-electron chi connectivity index (χ3n) is 2.18. The van der Waals surface area contributed by atoms with E-state index in [4.69, 9.17) is 0 Å². The minimum Gasteiger partial charge on any atom is -0.465 e. The number of hydrogen-bond acceptors (Lipinski definition) is 8. The largest absolute Gasteiger partial charge is 0.465 e. The van der Waals surface area contributed by atoms with Gasteiger partial charge >= 0.3 is 5.97 Å². The summed E-state index contributed by atoms with van der Waals surface area (Å²) in [6.07, 6.45) is 0. The van der Waals surface area contributed by atoms with Gasteiger partial charge < -0.3 is 4.74 Å². The zero-order valence-corrected chi connectivity index (χ0v) is 12.5. The van der Waals surface area contributed by atoms with Crippen molar-refractivity contribution in [2.24, 2.45) is 0 Å². The smallest absolute Gasteiger partial charge is 0.349 e. The summed E-state index contributed by atoms with van der Waals surface area (Å²) < 4.78 is 30.5. The van der Waals surface area contributed by atoms with Crippen LogP contribution in [0.15, 0.2) is 27.2 Å². The molecule has 0 saturated heterocycles. The summed E-state index contributed by atoms with van der Waals surface area (Å²) in [7, 11) is -3.01. The number of sulfonamides is 1. The highest BCUT2D eigenvalue weighted by Gasteiger charge is 2.27. The molecule has 0 unspecified atom stereocenters. The van der Waals surface area contributed by atoms with Gasteiger partial charge in [0.05, 0.1) is 12.6 Å². The van der Waals surface area contributed by atoms with Crippen molar-refractivity contribution in [1.29, 1.82) is 0 Å². The number of ether oxygens (including phenoxy) is 1. The number of carbonyl (C=O) groups is 2. The van der Waals surface area contributed by atoms with Gasteiger partial charge in [0.25, 0.3) is 15.9 Å². The van der Waals surface area contributed by atoms with Gasteiger partial charge in [-0.1, -0.05) is 0 Å². The van der Waals surface area contributed by atoms with Crippen molar-refractivity contribution >= 4 is 44.6 Å². The van der Waals surface area contributed by atoms with Crippen LogP contribution in [0.5, 0.6) is 0 Å². The predicted molar refractivity (Wildman–Crippen MR) is 72.4 cm³/mol. The van der Waals surface area contributed by atoms with E-state index in [0.29, 0.717) is 0 Å². The molecule has 0 saturated carbocycles. The lowest BCUT2D eigenvalue weighted by atomic mass is 10.5. The van der Waals surface area contributed by atoms with Crippen LogP contribution in [0.25, 0.3) is 0 Å². The molecule has 0 aromatic carbocycles. The third kappa shape index (κ3) is 2.86. The van der Waals surface area contributed by atoms with Gasteiger partial charge in [-0.15, -0.1) is 22.7 Å². The molecule has 2 rings (SSSR count). The molecule has 20 heavy (non-hydrogen) atoms. The molecule has 0 aliphatic carbocycles. The van der Waals surface area contributed by atoms with Crippen LogP contribution in [-0.2, 0) is 14.8 Å². The fourth-order valence-electron chi connectivity index (χ4n) is 1.30. The number of methoxy groups -OCH3 is 1. The second-order valence-electron chi connectivity index (χ2n) is 3.41. The van der Waals surface area contributed by atoms with E-state index in [-0.39, 0.29) is 15.5 Å². The summed E-state index contributed by atoms with van der Waals surface area (Å²) in [6, 6.07) is 1.23. The van der Waals surface area contributed by atoms with E-state index < -0.39 is 21.9 Å². The van der Waals surface area contributed by atoms with Crippen molar-refractivity contribution in [3.05, 3.63) is 32.9 Å². The molecule has 1 amide bonds. The molecule has 0 aliphatic heterocycles. The number of hydrogen-bond donors (Lipinski definition) is 1. The van der Waals surface area contributed by atoms with E-state index in [1.807, 2.05) is 4.72 Å². The molecular weight excluding hydrogens is 324 g/mol. The molecule has 10 heteroatoms. The Morgan fingerprint density at radius 3 is 2.75 bits per heavy atom. The Hall–Kier alpha value is -1.78. The van der Waals surface area contributed by atoms with Gasteiger partial charge in [-0.05, 0) is 11.4 Å². The molecule has 0 spiro atoms. The fraction of sp³-hybridized carbons (Fsp3) is 0.100. The summed E-state index contributed by atoms with van der Waals surface area (Å²) in [5.41, 5.74) is 1.40. The van der Waals surface area contributed by atoms with Crippen LogP contribution < -0.4 is 4.72 Å². The van der Waals surface area contributed by atoms with Gasteiger partial charge in [-0.25, -0.2) is 22.9 Å². The van der Waals surface area contributed by atoms with Crippen LogP contribution in [0, 0.1) is 0 Å². The van der Waals surface area contributed by atoms with Crippen molar-refractivity contribution in [3.63, 3.8) is 0 Å². The van der Waals surface area contributed by atoms with Gasteiger partial charge in [-0.3, -0.25) is 4.79 Å². The molecule has 0 atom stereocenters. The van der Waals surface area contributed by atoms with E-state index in [0.717, 1.165) is 29.8 Å². The Balaban J connectivity index is 2.30. The molecule has 0 fully saturated rings. The third-order valence-corrected chi connectivity index (χ3v) is 5.16. The maximum absolute atomic E-state index is 12.1. The van der Waals surface area contributed by atoms with E-state index >= 15 is 0 Å². The van der Waals surface area contributed by atoms with Gasteiger partial charge in [-0.2, -0.15) is 0 Å². The molecular formula is C10H8N2O5S3. The molecule has 1 N–H and O–H groups in total. The summed E-state index contributed by atoms with van der Waals surface area (Å²) in [6.45, 7) is 0. The van der Waals surface area contributed by atoms with Crippen molar-refractivity contribution in [2.45, 2.75) is 4.90 Å². The van der Waals surface area contributed by atoms with Crippen molar-refractivity contribution < 1.29 is 22.7 Å². The highest BCUT2D eigenvalue weighted by atomic mass is 32.2. The SMILES string of the molecule is COC(=O)c1sccc1S(=O)(=O)NC(=O)c1cscn1. The van der Waals surface area contributed by atoms with Crippen LogP contribution in [-0.4, -0.2) is 32.4 Å². The number of nitrogens with zero attached hydrogens (tertiary/aromatic N) is 1. The Morgan fingerprint density at radius 1 is 1.40 bits per heavy atom. The predicted octanol–water partition coefficient (Wildman–Crippen LogP) is 1.11. The summed E-state index contributed by atoms with van der Waals surface area (Å²) in [5, 5.41) is 2.84. The number of thiazole rings is 1. The second-order valence-corrected chi connectivity index (χ2v) is 6.70. The van der Waals surface area contributed by atoms with E-state index in [1.54, 1.807) is 0 Å². The van der Waals surface area contributed by atoms with Crippen LogP contribution in [0.1, 0.15) is 20.2 Å². The first kappa shape index (κ1) is 14.6. The normalized spacial score (nSPS) is 11.1. The van der Waals surface area contributed by atoms with Gasteiger partial charge in [0.2, 0.25) is 0 Å². The molecule has 2 heterocycles. The summed E-state index contributed by atoms with van der Waals surface area (Å²) in [5.74, 6) is -1.63. The fourth-order valence-corrected chi connectivity index (χ4v) is 4.13. The molecule has 2 aromatic heterocycles. The van der Waals surface area contributed by atoms with Crippen molar-refractivity contribution in [2.75, 3.05) is 7.11 Å². The average molecular weight is 332 g/mol. The monoisotopic (exact) mass is 332 g/mol. The first-order valence-electron chi connectivity index (χ1n) is 5.07. The minimum absolute atomic E-state index is 0.00609.